The smallest absolute Gasteiger partial charge is 0.250 e. The van der Waals surface area contributed by atoms with Crippen molar-refractivity contribution >= 4 is 18.3 Å². The predicted molar refractivity (Wildman–Crippen MR) is 38.9 cm³/mol. The van der Waals surface area contributed by atoms with Gasteiger partial charge in [-0.15, -0.1) is 12.4 Å². The van der Waals surface area contributed by atoms with E-state index in [1.54, 1.807) is 0 Å². The molecule has 60 valence electrons. The fourth-order valence-corrected chi connectivity index (χ4v) is 0.889. The maximum Gasteiger partial charge on any atom is 0.250 e. The molecular weight excluding hydrogens is 156 g/mol. The Hall–Kier alpha value is -0.320. The second-order valence-electron chi connectivity index (χ2n) is 2.32. The lowest BCUT2D eigenvalue weighted by molar-refractivity contribution is -0.134. The van der Waals surface area contributed by atoms with Gasteiger partial charge in [0.1, 0.15) is 0 Å². The monoisotopic (exact) mass is 166 g/mol. The number of nitrogens with two attached hydrogens (primary N) is 1. The van der Waals surface area contributed by atoms with Crippen molar-refractivity contribution < 1.29 is 9.90 Å². The second kappa shape index (κ2) is 3.18. The molecule has 0 spiro atoms. The number of carbonyl (C=O) groups excluding carboxylic acids is 1. The van der Waals surface area contributed by atoms with Crippen LogP contribution in [0.25, 0.3) is 0 Å². The minimum Gasteiger partial charge on any atom is -0.379 e. The van der Waals surface area contributed by atoms with E-state index in [2.05, 4.69) is 5.32 Å². The van der Waals surface area contributed by atoms with Crippen LogP contribution in [-0.4, -0.2) is 29.7 Å². The molecule has 1 aliphatic rings. The van der Waals surface area contributed by atoms with Crippen LogP contribution < -0.4 is 11.1 Å². The summed E-state index contributed by atoms with van der Waals surface area (Å²) in [7, 11) is 0. The van der Waals surface area contributed by atoms with Gasteiger partial charge in [0.05, 0.1) is 0 Å². The molecule has 1 heterocycles. The SMILES string of the molecule is Cl.NC(=O)C1(O)CCNC1. The molecule has 1 saturated heterocycles. The van der Waals surface area contributed by atoms with Crippen molar-refractivity contribution in [3.63, 3.8) is 0 Å². The Balaban J connectivity index is 0.000000810. The number of nitrogens with one attached hydrogen (secondary N) is 1. The Morgan fingerprint density at radius 1 is 1.70 bits per heavy atom. The first kappa shape index (κ1) is 9.68. The van der Waals surface area contributed by atoms with Crippen LogP contribution in [0.4, 0.5) is 0 Å². The number of amides is 1. The summed E-state index contributed by atoms with van der Waals surface area (Å²) >= 11 is 0. The average molecular weight is 167 g/mol. The third kappa shape index (κ3) is 1.59. The summed E-state index contributed by atoms with van der Waals surface area (Å²) in [5.74, 6) is -0.632. The van der Waals surface area contributed by atoms with Gasteiger partial charge in [0, 0.05) is 6.54 Å². The van der Waals surface area contributed by atoms with E-state index in [0.29, 0.717) is 19.5 Å². The van der Waals surface area contributed by atoms with E-state index < -0.39 is 11.5 Å². The second-order valence-corrected chi connectivity index (χ2v) is 2.32. The van der Waals surface area contributed by atoms with E-state index in [-0.39, 0.29) is 12.4 Å². The lowest BCUT2D eigenvalue weighted by Crippen LogP contribution is -2.45. The zero-order valence-corrected chi connectivity index (χ0v) is 6.28. The maximum atomic E-state index is 10.5. The van der Waals surface area contributed by atoms with Gasteiger partial charge < -0.3 is 16.2 Å². The quantitative estimate of drug-likeness (QED) is 0.450. The summed E-state index contributed by atoms with van der Waals surface area (Å²) in [4.78, 5) is 10.5. The lowest BCUT2D eigenvalue weighted by atomic mass is 10.0. The topological polar surface area (TPSA) is 75.4 Å². The number of primary amides is 1. The van der Waals surface area contributed by atoms with Crippen LogP contribution in [0.1, 0.15) is 6.42 Å². The van der Waals surface area contributed by atoms with E-state index in [0.717, 1.165) is 0 Å². The van der Waals surface area contributed by atoms with Gasteiger partial charge in [-0.2, -0.15) is 0 Å². The van der Waals surface area contributed by atoms with Crippen LogP contribution in [0, 0.1) is 0 Å². The highest BCUT2D eigenvalue weighted by Crippen LogP contribution is 2.12. The molecule has 0 saturated carbocycles. The molecule has 0 aliphatic carbocycles. The molecule has 0 aromatic carbocycles. The third-order valence-corrected chi connectivity index (χ3v) is 1.59. The molecule has 1 aliphatic heterocycles. The van der Waals surface area contributed by atoms with Gasteiger partial charge in [0.15, 0.2) is 5.60 Å². The minimum atomic E-state index is -1.28. The number of aliphatic hydroxyl groups is 1. The number of rotatable bonds is 1. The van der Waals surface area contributed by atoms with Crippen LogP contribution in [0.2, 0.25) is 0 Å². The molecule has 1 unspecified atom stereocenters. The fourth-order valence-electron chi connectivity index (χ4n) is 0.889. The van der Waals surface area contributed by atoms with E-state index >= 15 is 0 Å². The van der Waals surface area contributed by atoms with Crippen molar-refractivity contribution in [3.8, 4) is 0 Å². The van der Waals surface area contributed by atoms with Crippen molar-refractivity contribution in [3.05, 3.63) is 0 Å². The summed E-state index contributed by atoms with van der Waals surface area (Å²) in [6.45, 7) is 0.960. The van der Waals surface area contributed by atoms with Crippen molar-refractivity contribution in [1.82, 2.24) is 5.32 Å². The van der Waals surface area contributed by atoms with Gasteiger partial charge in [-0.1, -0.05) is 0 Å². The molecule has 0 radical (unpaired) electrons. The summed E-state index contributed by atoms with van der Waals surface area (Å²) in [5, 5.41) is 12.1. The van der Waals surface area contributed by atoms with Crippen LogP contribution in [0.5, 0.6) is 0 Å². The number of β-amino-alcohol motifs (C(OH)–C–C–N with tert-alkyl or cyclic N) is 1. The van der Waals surface area contributed by atoms with Crippen LogP contribution in [0.15, 0.2) is 0 Å². The average Bonchev–Trinajstić information content (AvgIpc) is 2.16. The highest BCUT2D eigenvalue weighted by atomic mass is 35.5. The van der Waals surface area contributed by atoms with Crippen LogP contribution >= 0.6 is 12.4 Å². The van der Waals surface area contributed by atoms with Gasteiger partial charge in [-0.3, -0.25) is 4.79 Å². The molecule has 1 atom stereocenters. The Morgan fingerprint density at radius 3 is 2.50 bits per heavy atom. The zero-order chi connectivity index (χ0) is 6.91. The minimum absolute atomic E-state index is 0. The van der Waals surface area contributed by atoms with E-state index in [9.17, 15) is 9.90 Å². The molecule has 1 rings (SSSR count). The Bertz CT molecular complexity index is 134. The molecule has 4 N–H and O–H groups in total. The highest BCUT2D eigenvalue weighted by Gasteiger charge is 2.36. The molecule has 1 amide bonds. The first-order valence-electron chi connectivity index (χ1n) is 2.88. The first-order chi connectivity index (χ1) is 4.15. The van der Waals surface area contributed by atoms with E-state index in [1.807, 2.05) is 0 Å². The standard InChI is InChI=1S/C5H10N2O2.ClH/c6-4(8)5(9)1-2-7-3-5;/h7,9H,1-3H2,(H2,6,8);1H. The number of hydrogen-bond donors (Lipinski definition) is 3. The summed E-state index contributed by atoms with van der Waals surface area (Å²) < 4.78 is 0. The van der Waals surface area contributed by atoms with Crippen LogP contribution in [0.3, 0.4) is 0 Å². The number of halogens is 1. The Morgan fingerprint density at radius 2 is 2.30 bits per heavy atom. The molecular formula is C5H11ClN2O2. The van der Waals surface area contributed by atoms with Crippen molar-refractivity contribution in [2.24, 2.45) is 5.73 Å². The van der Waals surface area contributed by atoms with Crippen molar-refractivity contribution in [1.29, 1.82) is 0 Å². The molecule has 4 nitrogen and oxygen atoms in total. The summed E-state index contributed by atoms with van der Waals surface area (Å²) in [6.07, 6.45) is 0.433. The zero-order valence-electron chi connectivity index (χ0n) is 5.46. The summed E-state index contributed by atoms with van der Waals surface area (Å²) in [6, 6.07) is 0. The molecule has 0 bridgehead atoms. The Labute approximate surface area is 65.2 Å². The lowest BCUT2D eigenvalue weighted by Gasteiger charge is -2.14. The van der Waals surface area contributed by atoms with Gasteiger partial charge in [-0.25, -0.2) is 0 Å². The molecule has 5 heteroatoms. The molecule has 10 heavy (non-hydrogen) atoms. The van der Waals surface area contributed by atoms with Crippen LogP contribution in [-0.2, 0) is 4.79 Å². The largest absolute Gasteiger partial charge is 0.379 e. The maximum absolute atomic E-state index is 10.5. The highest BCUT2D eigenvalue weighted by molar-refractivity contribution is 5.85. The first-order valence-corrected chi connectivity index (χ1v) is 2.88. The molecule has 1 fully saturated rings. The predicted octanol–water partition coefficient (Wildman–Crippen LogP) is -1.38. The van der Waals surface area contributed by atoms with Gasteiger partial charge in [0.2, 0.25) is 0 Å². The Kier molecular flexibility index (Phi) is 3.08. The number of hydrogen-bond acceptors (Lipinski definition) is 3. The van der Waals surface area contributed by atoms with Gasteiger partial charge in [0.25, 0.3) is 5.91 Å². The normalized spacial score (nSPS) is 31.3. The van der Waals surface area contributed by atoms with Gasteiger partial charge >= 0.3 is 0 Å². The fraction of sp³-hybridized carbons (Fsp3) is 0.800. The molecule has 0 aromatic heterocycles. The van der Waals surface area contributed by atoms with Crippen molar-refractivity contribution in [2.75, 3.05) is 13.1 Å². The third-order valence-electron chi connectivity index (χ3n) is 1.59. The van der Waals surface area contributed by atoms with Gasteiger partial charge in [-0.05, 0) is 13.0 Å². The van der Waals surface area contributed by atoms with Crippen molar-refractivity contribution in [2.45, 2.75) is 12.0 Å². The van der Waals surface area contributed by atoms with E-state index in [1.165, 1.54) is 0 Å². The van der Waals surface area contributed by atoms with E-state index in [4.69, 9.17) is 5.73 Å². The summed E-state index contributed by atoms with van der Waals surface area (Å²) in [5.41, 5.74) is 3.63. The number of carbonyl (C=O) groups is 1. The molecule has 0 aromatic rings.